The minimum atomic E-state index is 0.247. The summed E-state index contributed by atoms with van der Waals surface area (Å²) in [4.78, 5) is 0. The molecule has 0 radical (unpaired) electrons. The molecule has 0 aliphatic heterocycles. The number of nitrogens with two attached hydrogens (primary N) is 1. The standard InChI is InChI=1S/C13H17N/c1-12(14)8-4-2-5-9-13-10-6-3-7-11-13/h2-7,9-12H,8,14H2,1H3. The Morgan fingerprint density at radius 2 is 1.93 bits per heavy atom. The Balaban J connectivity index is 2.38. The summed E-state index contributed by atoms with van der Waals surface area (Å²) in [5.41, 5.74) is 6.83. The molecule has 0 bridgehead atoms. The summed E-state index contributed by atoms with van der Waals surface area (Å²) in [5, 5.41) is 0. The van der Waals surface area contributed by atoms with Gasteiger partial charge in [-0.2, -0.15) is 0 Å². The van der Waals surface area contributed by atoms with Crippen LogP contribution in [0.1, 0.15) is 18.9 Å². The van der Waals surface area contributed by atoms with Gasteiger partial charge in [0.15, 0.2) is 0 Å². The van der Waals surface area contributed by atoms with Crippen LogP contribution < -0.4 is 5.73 Å². The molecule has 1 aromatic rings. The van der Waals surface area contributed by atoms with E-state index in [1.165, 1.54) is 5.56 Å². The first-order valence-electron chi connectivity index (χ1n) is 4.93. The highest BCUT2D eigenvalue weighted by Gasteiger charge is 1.85. The summed E-state index contributed by atoms with van der Waals surface area (Å²) >= 11 is 0. The summed E-state index contributed by atoms with van der Waals surface area (Å²) in [6, 6.07) is 10.5. The van der Waals surface area contributed by atoms with Crippen molar-refractivity contribution < 1.29 is 0 Å². The predicted octanol–water partition coefficient (Wildman–Crippen LogP) is 2.99. The minimum absolute atomic E-state index is 0.247. The second kappa shape index (κ2) is 6.17. The van der Waals surface area contributed by atoms with Gasteiger partial charge < -0.3 is 5.73 Å². The zero-order valence-corrected chi connectivity index (χ0v) is 8.56. The Hall–Kier alpha value is -1.34. The van der Waals surface area contributed by atoms with E-state index in [-0.39, 0.29) is 6.04 Å². The van der Waals surface area contributed by atoms with Crippen molar-refractivity contribution in [2.24, 2.45) is 5.73 Å². The molecule has 0 aliphatic carbocycles. The fourth-order valence-corrected chi connectivity index (χ4v) is 1.10. The van der Waals surface area contributed by atoms with Crippen molar-refractivity contribution in [3.05, 3.63) is 54.1 Å². The van der Waals surface area contributed by atoms with Crippen LogP contribution in [-0.2, 0) is 0 Å². The van der Waals surface area contributed by atoms with E-state index < -0.39 is 0 Å². The van der Waals surface area contributed by atoms with Crippen LogP contribution in [0.2, 0.25) is 0 Å². The summed E-state index contributed by atoms with van der Waals surface area (Å²) in [6.07, 6.45) is 9.18. The highest BCUT2D eigenvalue weighted by molar-refractivity contribution is 5.50. The molecule has 1 heteroatoms. The summed E-state index contributed by atoms with van der Waals surface area (Å²) in [6.45, 7) is 2.01. The molecule has 0 fully saturated rings. The largest absolute Gasteiger partial charge is 0.328 e. The van der Waals surface area contributed by atoms with E-state index in [2.05, 4.69) is 24.3 Å². The van der Waals surface area contributed by atoms with Crippen molar-refractivity contribution in [3.63, 3.8) is 0 Å². The number of hydrogen-bond acceptors (Lipinski definition) is 1. The normalized spacial score (nSPS) is 13.9. The van der Waals surface area contributed by atoms with Crippen LogP contribution in [0.25, 0.3) is 6.08 Å². The van der Waals surface area contributed by atoms with Crippen LogP contribution in [0.3, 0.4) is 0 Å². The average Bonchev–Trinajstić information content (AvgIpc) is 2.18. The molecule has 0 saturated carbocycles. The predicted molar refractivity (Wildman–Crippen MR) is 62.9 cm³/mol. The molecule has 1 aromatic carbocycles. The maximum Gasteiger partial charge on any atom is 0.00451 e. The lowest BCUT2D eigenvalue weighted by Gasteiger charge is -1.95. The van der Waals surface area contributed by atoms with Gasteiger partial charge in [-0.3, -0.25) is 0 Å². The number of allylic oxidation sites excluding steroid dienone is 2. The molecule has 0 aliphatic rings. The molecule has 14 heavy (non-hydrogen) atoms. The Kier molecular flexibility index (Phi) is 4.73. The van der Waals surface area contributed by atoms with Gasteiger partial charge in [0.25, 0.3) is 0 Å². The molecule has 0 saturated heterocycles. The molecule has 1 nitrogen and oxygen atoms in total. The molecule has 0 heterocycles. The molecule has 0 spiro atoms. The lowest BCUT2D eigenvalue weighted by molar-refractivity contribution is 0.757. The third-order valence-corrected chi connectivity index (χ3v) is 1.84. The van der Waals surface area contributed by atoms with E-state index >= 15 is 0 Å². The van der Waals surface area contributed by atoms with Gasteiger partial charge in [0.05, 0.1) is 0 Å². The van der Waals surface area contributed by atoms with Crippen molar-refractivity contribution in [1.82, 2.24) is 0 Å². The summed E-state index contributed by atoms with van der Waals surface area (Å²) in [5.74, 6) is 0. The smallest absolute Gasteiger partial charge is 0.00451 e. The third-order valence-electron chi connectivity index (χ3n) is 1.84. The number of hydrogen-bond donors (Lipinski definition) is 1. The summed E-state index contributed by atoms with van der Waals surface area (Å²) in [7, 11) is 0. The van der Waals surface area contributed by atoms with Crippen molar-refractivity contribution in [2.45, 2.75) is 19.4 Å². The van der Waals surface area contributed by atoms with Crippen LogP contribution in [0, 0.1) is 0 Å². The van der Waals surface area contributed by atoms with E-state index in [9.17, 15) is 0 Å². The Labute approximate surface area is 85.9 Å². The average molecular weight is 187 g/mol. The fourth-order valence-electron chi connectivity index (χ4n) is 1.10. The van der Waals surface area contributed by atoms with Gasteiger partial charge in [0, 0.05) is 6.04 Å². The first-order chi connectivity index (χ1) is 6.79. The van der Waals surface area contributed by atoms with Gasteiger partial charge in [-0.25, -0.2) is 0 Å². The lowest BCUT2D eigenvalue weighted by atomic mass is 10.2. The van der Waals surface area contributed by atoms with Gasteiger partial charge in [0.1, 0.15) is 0 Å². The van der Waals surface area contributed by atoms with E-state index in [4.69, 9.17) is 5.73 Å². The Morgan fingerprint density at radius 1 is 1.21 bits per heavy atom. The molecule has 1 unspecified atom stereocenters. The highest BCUT2D eigenvalue weighted by Crippen LogP contribution is 2.01. The third kappa shape index (κ3) is 4.63. The molecule has 1 atom stereocenters. The van der Waals surface area contributed by atoms with Crippen molar-refractivity contribution in [1.29, 1.82) is 0 Å². The van der Waals surface area contributed by atoms with Crippen molar-refractivity contribution in [2.75, 3.05) is 0 Å². The highest BCUT2D eigenvalue weighted by atomic mass is 14.6. The topological polar surface area (TPSA) is 26.0 Å². The van der Waals surface area contributed by atoms with Crippen LogP contribution in [-0.4, -0.2) is 6.04 Å². The molecule has 2 N–H and O–H groups in total. The maximum absolute atomic E-state index is 5.61. The van der Waals surface area contributed by atoms with Crippen LogP contribution in [0.5, 0.6) is 0 Å². The number of benzene rings is 1. The second-order valence-corrected chi connectivity index (χ2v) is 3.41. The monoisotopic (exact) mass is 187 g/mol. The minimum Gasteiger partial charge on any atom is -0.328 e. The molecular weight excluding hydrogens is 170 g/mol. The van der Waals surface area contributed by atoms with E-state index in [0.29, 0.717) is 0 Å². The van der Waals surface area contributed by atoms with Gasteiger partial charge >= 0.3 is 0 Å². The van der Waals surface area contributed by atoms with Gasteiger partial charge in [-0.05, 0) is 18.9 Å². The molecule has 74 valence electrons. The van der Waals surface area contributed by atoms with Crippen molar-refractivity contribution in [3.8, 4) is 0 Å². The second-order valence-electron chi connectivity index (χ2n) is 3.41. The molecule has 0 amide bonds. The van der Waals surface area contributed by atoms with Crippen LogP contribution >= 0.6 is 0 Å². The first-order valence-corrected chi connectivity index (χ1v) is 4.93. The van der Waals surface area contributed by atoms with E-state index in [1.54, 1.807) is 0 Å². The van der Waals surface area contributed by atoms with Gasteiger partial charge in [0.2, 0.25) is 0 Å². The van der Waals surface area contributed by atoms with Crippen molar-refractivity contribution >= 4 is 6.08 Å². The molecule has 0 aromatic heterocycles. The quantitative estimate of drug-likeness (QED) is 0.720. The van der Waals surface area contributed by atoms with Gasteiger partial charge in [-0.1, -0.05) is 54.6 Å². The fraction of sp³-hybridized carbons (Fsp3) is 0.231. The van der Waals surface area contributed by atoms with E-state index in [1.807, 2.05) is 37.3 Å². The van der Waals surface area contributed by atoms with Crippen LogP contribution in [0.15, 0.2) is 48.6 Å². The van der Waals surface area contributed by atoms with Gasteiger partial charge in [-0.15, -0.1) is 0 Å². The number of rotatable bonds is 4. The zero-order chi connectivity index (χ0) is 10.2. The SMILES string of the molecule is CC(N)CC=CC=Cc1ccccc1. The van der Waals surface area contributed by atoms with E-state index in [0.717, 1.165) is 6.42 Å². The zero-order valence-electron chi connectivity index (χ0n) is 8.56. The summed E-state index contributed by atoms with van der Waals surface area (Å²) < 4.78 is 0. The lowest BCUT2D eigenvalue weighted by Crippen LogP contribution is -2.12. The molecule has 1 rings (SSSR count). The Morgan fingerprint density at radius 3 is 2.57 bits per heavy atom. The first kappa shape index (κ1) is 10.7. The maximum atomic E-state index is 5.61. The molecular formula is C13H17N. The Bertz CT molecular complexity index is 296. The van der Waals surface area contributed by atoms with Crippen LogP contribution in [0.4, 0.5) is 0 Å².